The van der Waals surface area contributed by atoms with Crippen LogP contribution in [-0.4, -0.2) is 47.1 Å². The Bertz CT molecular complexity index is 287. The summed E-state index contributed by atoms with van der Waals surface area (Å²) < 4.78 is 0. The summed E-state index contributed by atoms with van der Waals surface area (Å²) in [5.74, 6) is -0.897. The van der Waals surface area contributed by atoms with Crippen molar-refractivity contribution >= 4 is 11.9 Å². The second-order valence-corrected chi connectivity index (χ2v) is 4.53. The summed E-state index contributed by atoms with van der Waals surface area (Å²) in [7, 11) is 0. The van der Waals surface area contributed by atoms with E-state index in [2.05, 4.69) is 5.32 Å². The standard InChI is InChI=1S/C11H18N2O3/c14-10(8-4-1-2-6-12-8)13-7-3-5-9(13)11(15)16/h8-9,12H,1-7H2,(H,15,16)/t8-,9-/m0/s1. The Morgan fingerprint density at radius 3 is 2.62 bits per heavy atom. The number of rotatable bonds is 2. The van der Waals surface area contributed by atoms with Gasteiger partial charge in [0.2, 0.25) is 5.91 Å². The summed E-state index contributed by atoms with van der Waals surface area (Å²) in [6, 6.07) is -0.759. The smallest absolute Gasteiger partial charge is 0.326 e. The Kier molecular flexibility index (Phi) is 3.43. The lowest BCUT2D eigenvalue weighted by Gasteiger charge is -2.29. The zero-order chi connectivity index (χ0) is 11.5. The van der Waals surface area contributed by atoms with Crippen molar-refractivity contribution in [3.63, 3.8) is 0 Å². The van der Waals surface area contributed by atoms with Crippen molar-refractivity contribution in [3.8, 4) is 0 Å². The largest absolute Gasteiger partial charge is 0.480 e. The number of hydrogen-bond acceptors (Lipinski definition) is 3. The molecule has 2 N–H and O–H groups in total. The van der Waals surface area contributed by atoms with E-state index in [1.54, 1.807) is 0 Å². The van der Waals surface area contributed by atoms with Crippen molar-refractivity contribution in [2.45, 2.75) is 44.2 Å². The average molecular weight is 226 g/mol. The lowest BCUT2D eigenvalue weighted by molar-refractivity contribution is -0.149. The minimum atomic E-state index is -0.873. The fourth-order valence-corrected chi connectivity index (χ4v) is 2.55. The number of nitrogens with zero attached hydrogens (tertiary/aromatic N) is 1. The summed E-state index contributed by atoms with van der Waals surface area (Å²) in [6.45, 7) is 1.45. The topological polar surface area (TPSA) is 69.6 Å². The number of carboxylic acid groups (broad SMARTS) is 1. The van der Waals surface area contributed by atoms with E-state index in [0.717, 1.165) is 32.2 Å². The van der Waals surface area contributed by atoms with Crippen LogP contribution in [0.25, 0.3) is 0 Å². The Labute approximate surface area is 94.8 Å². The molecular formula is C11H18N2O3. The van der Waals surface area contributed by atoms with Gasteiger partial charge in [0.05, 0.1) is 6.04 Å². The molecule has 0 unspecified atom stereocenters. The maximum absolute atomic E-state index is 12.1. The Morgan fingerprint density at radius 1 is 1.19 bits per heavy atom. The summed E-state index contributed by atoms with van der Waals surface area (Å²) >= 11 is 0. The second kappa shape index (κ2) is 4.82. The van der Waals surface area contributed by atoms with Gasteiger partial charge >= 0.3 is 5.97 Å². The van der Waals surface area contributed by atoms with E-state index >= 15 is 0 Å². The van der Waals surface area contributed by atoms with E-state index in [1.165, 1.54) is 4.90 Å². The van der Waals surface area contributed by atoms with E-state index in [4.69, 9.17) is 5.11 Å². The first-order valence-electron chi connectivity index (χ1n) is 5.97. The van der Waals surface area contributed by atoms with Crippen molar-refractivity contribution < 1.29 is 14.7 Å². The van der Waals surface area contributed by atoms with Crippen molar-refractivity contribution in [3.05, 3.63) is 0 Å². The molecule has 2 fully saturated rings. The van der Waals surface area contributed by atoms with Crippen molar-refractivity contribution in [2.75, 3.05) is 13.1 Å². The Morgan fingerprint density at radius 2 is 2.00 bits per heavy atom. The average Bonchev–Trinajstić information content (AvgIpc) is 2.78. The third-order valence-electron chi connectivity index (χ3n) is 3.43. The van der Waals surface area contributed by atoms with Crippen LogP contribution in [0.2, 0.25) is 0 Å². The van der Waals surface area contributed by atoms with Gasteiger partial charge in [-0.15, -0.1) is 0 Å². The molecule has 0 aromatic rings. The predicted molar refractivity (Wildman–Crippen MR) is 58.0 cm³/mol. The zero-order valence-corrected chi connectivity index (χ0v) is 9.32. The molecule has 5 heteroatoms. The van der Waals surface area contributed by atoms with Gasteiger partial charge in [0.15, 0.2) is 0 Å². The van der Waals surface area contributed by atoms with Gasteiger partial charge in [-0.25, -0.2) is 4.79 Å². The maximum Gasteiger partial charge on any atom is 0.326 e. The fraction of sp³-hybridized carbons (Fsp3) is 0.818. The molecule has 2 heterocycles. The molecule has 5 nitrogen and oxygen atoms in total. The molecule has 0 radical (unpaired) electrons. The predicted octanol–water partition coefficient (Wildman–Crippen LogP) is 0.204. The van der Waals surface area contributed by atoms with E-state index in [-0.39, 0.29) is 11.9 Å². The summed E-state index contributed by atoms with van der Waals surface area (Å²) in [5.41, 5.74) is 0. The van der Waals surface area contributed by atoms with Crippen LogP contribution in [0.3, 0.4) is 0 Å². The first-order chi connectivity index (χ1) is 7.70. The quantitative estimate of drug-likeness (QED) is 0.706. The number of piperidine rings is 1. The summed E-state index contributed by atoms with van der Waals surface area (Å²) in [4.78, 5) is 24.6. The monoisotopic (exact) mass is 226 g/mol. The minimum Gasteiger partial charge on any atom is -0.480 e. The molecule has 0 spiro atoms. The van der Waals surface area contributed by atoms with E-state index < -0.39 is 12.0 Å². The van der Waals surface area contributed by atoms with Crippen LogP contribution in [0.15, 0.2) is 0 Å². The number of aliphatic carboxylic acids is 1. The maximum atomic E-state index is 12.1. The third kappa shape index (κ3) is 2.19. The highest BCUT2D eigenvalue weighted by Crippen LogP contribution is 2.20. The molecule has 0 saturated carbocycles. The lowest BCUT2D eigenvalue weighted by Crippen LogP contribution is -2.51. The number of carbonyl (C=O) groups is 2. The van der Waals surface area contributed by atoms with Gasteiger partial charge in [-0.2, -0.15) is 0 Å². The van der Waals surface area contributed by atoms with Gasteiger partial charge in [0.1, 0.15) is 6.04 Å². The van der Waals surface area contributed by atoms with Gasteiger partial charge in [-0.1, -0.05) is 6.42 Å². The molecular weight excluding hydrogens is 208 g/mol. The Balaban J connectivity index is 1.99. The van der Waals surface area contributed by atoms with Gasteiger partial charge in [-0.3, -0.25) is 4.79 Å². The minimum absolute atomic E-state index is 0.0235. The zero-order valence-electron chi connectivity index (χ0n) is 9.32. The summed E-state index contributed by atoms with van der Waals surface area (Å²) in [6.07, 6.45) is 4.38. The molecule has 0 aliphatic carbocycles. The first kappa shape index (κ1) is 11.4. The molecule has 2 rings (SSSR count). The highest BCUT2D eigenvalue weighted by Gasteiger charge is 2.37. The summed E-state index contributed by atoms with van der Waals surface area (Å²) in [5, 5.41) is 12.2. The van der Waals surface area contributed by atoms with Gasteiger partial charge in [-0.05, 0) is 32.2 Å². The van der Waals surface area contributed by atoms with Gasteiger partial charge < -0.3 is 15.3 Å². The van der Waals surface area contributed by atoms with Crippen LogP contribution in [0, 0.1) is 0 Å². The molecule has 90 valence electrons. The molecule has 2 aliphatic heterocycles. The number of amides is 1. The van der Waals surface area contributed by atoms with Crippen molar-refractivity contribution in [1.82, 2.24) is 10.2 Å². The third-order valence-corrected chi connectivity index (χ3v) is 3.43. The van der Waals surface area contributed by atoms with E-state index in [1.807, 2.05) is 0 Å². The number of hydrogen-bond donors (Lipinski definition) is 2. The van der Waals surface area contributed by atoms with Crippen molar-refractivity contribution in [2.24, 2.45) is 0 Å². The highest BCUT2D eigenvalue weighted by molar-refractivity contribution is 5.87. The molecule has 0 aromatic carbocycles. The number of carbonyl (C=O) groups excluding carboxylic acids is 1. The van der Waals surface area contributed by atoms with Crippen LogP contribution in [0.5, 0.6) is 0 Å². The molecule has 0 aromatic heterocycles. The van der Waals surface area contributed by atoms with Crippen LogP contribution >= 0.6 is 0 Å². The lowest BCUT2D eigenvalue weighted by atomic mass is 10.0. The van der Waals surface area contributed by atoms with E-state index in [9.17, 15) is 9.59 Å². The van der Waals surface area contributed by atoms with Crippen molar-refractivity contribution in [1.29, 1.82) is 0 Å². The van der Waals surface area contributed by atoms with Crippen LogP contribution in [0.1, 0.15) is 32.1 Å². The first-order valence-corrected chi connectivity index (χ1v) is 5.97. The van der Waals surface area contributed by atoms with Gasteiger partial charge in [0.25, 0.3) is 0 Å². The van der Waals surface area contributed by atoms with Crippen LogP contribution < -0.4 is 5.32 Å². The molecule has 2 atom stereocenters. The SMILES string of the molecule is O=C(O)[C@@H]1CCCN1C(=O)[C@@H]1CCCCN1. The molecule has 2 aliphatic rings. The molecule has 0 bridgehead atoms. The van der Waals surface area contributed by atoms with Crippen LogP contribution in [0.4, 0.5) is 0 Å². The highest BCUT2D eigenvalue weighted by atomic mass is 16.4. The number of carboxylic acids is 1. The fourth-order valence-electron chi connectivity index (χ4n) is 2.55. The second-order valence-electron chi connectivity index (χ2n) is 4.53. The molecule has 2 saturated heterocycles. The number of likely N-dealkylation sites (tertiary alicyclic amines) is 1. The van der Waals surface area contributed by atoms with E-state index in [0.29, 0.717) is 13.0 Å². The normalized spacial score (nSPS) is 30.4. The molecule has 16 heavy (non-hydrogen) atoms. The number of nitrogens with one attached hydrogen (secondary N) is 1. The Hall–Kier alpha value is -1.10. The molecule has 1 amide bonds. The van der Waals surface area contributed by atoms with Crippen LogP contribution in [-0.2, 0) is 9.59 Å². The van der Waals surface area contributed by atoms with Gasteiger partial charge in [0, 0.05) is 6.54 Å².